The van der Waals surface area contributed by atoms with Gasteiger partial charge in [-0.25, -0.2) is 8.42 Å². The van der Waals surface area contributed by atoms with E-state index < -0.39 is 10.0 Å². The van der Waals surface area contributed by atoms with Gasteiger partial charge in [0.1, 0.15) is 5.58 Å². The number of nitrogens with one attached hydrogen (secondary N) is 1. The van der Waals surface area contributed by atoms with Crippen LogP contribution in [0.25, 0.3) is 11.0 Å². The molecule has 1 saturated heterocycles. The summed E-state index contributed by atoms with van der Waals surface area (Å²) in [7, 11) is -3.58. The number of sulfonamides is 1. The van der Waals surface area contributed by atoms with E-state index in [1.807, 2.05) is 24.3 Å². The highest BCUT2D eigenvalue weighted by Crippen LogP contribution is 2.30. The molecule has 0 aliphatic carbocycles. The van der Waals surface area contributed by atoms with Crippen LogP contribution in [0.1, 0.15) is 41.4 Å². The van der Waals surface area contributed by atoms with Crippen LogP contribution in [0.15, 0.2) is 51.8 Å². The van der Waals surface area contributed by atoms with Crippen LogP contribution in [0.5, 0.6) is 0 Å². The van der Waals surface area contributed by atoms with Crippen LogP contribution in [0.4, 0.5) is 0 Å². The van der Waals surface area contributed by atoms with E-state index >= 15 is 0 Å². The molecule has 8 heteroatoms. The maximum atomic E-state index is 13.1. The highest BCUT2D eigenvalue weighted by atomic mass is 35.5. The van der Waals surface area contributed by atoms with Crippen LogP contribution in [0, 0.1) is 12.8 Å². The molecule has 0 unspecified atom stereocenters. The number of hydrogen-bond donors (Lipinski definition) is 1. The standard InChI is InChI=1S/C24H27ClN2O4S/c1-16-4-3-13-27(15-16)32(29,30)20-9-10-22-21(14-20)17(2)23(31-22)24(28)26-12-11-18-5-7-19(25)8-6-18/h5-10,14,16H,3-4,11-13,15H2,1-2H3,(H,26,28)/t16-/m0/s1. The number of benzene rings is 2. The Kier molecular flexibility index (Phi) is 6.60. The summed E-state index contributed by atoms with van der Waals surface area (Å²) < 4.78 is 33.6. The van der Waals surface area contributed by atoms with Gasteiger partial charge in [0.05, 0.1) is 4.90 Å². The molecule has 3 aromatic rings. The molecule has 0 radical (unpaired) electrons. The van der Waals surface area contributed by atoms with E-state index in [1.54, 1.807) is 29.4 Å². The number of carbonyl (C=O) groups is 1. The van der Waals surface area contributed by atoms with Crippen molar-refractivity contribution in [3.63, 3.8) is 0 Å². The Morgan fingerprint density at radius 1 is 1.22 bits per heavy atom. The van der Waals surface area contributed by atoms with Crippen LogP contribution in [-0.4, -0.2) is 38.3 Å². The van der Waals surface area contributed by atoms with E-state index in [2.05, 4.69) is 12.2 Å². The average Bonchev–Trinajstić information content (AvgIpc) is 3.11. The van der Waals surface area contributed by atoms with Crippen molar-refractivity contribution in [1.29, 1.82) is 0 Å². The fourth-order valence-electron chi connectivity index (χ4n) is 4.14. The summed E-state index contributed by atoms with van der Waals surface area (Å²) >= 11 is 5.90. The van der Waals surface area contributed by atoms with Gasteiger partial charge in [-0.15, -0.1) is 0 Å². The number of aryl methyl sites for hydroxylation is 1. The van der Waals surface area contributed by atoms with Crippen molar-refractivity contribution >= 4 is 38.5 Å². The Labute approximate surface area is 193 Å². The van der Waals surface area contributed by atoms with Gasteiger partial charge in [-0.3, -0.25) is 4.79 Å². The Bertz CT molecular complexity index is 1230. The lowest BCUT2D eigenvalue weighted by Crippen LogP contribution is -2.39. The molecule has 1 N–H and O–H groups in total. The first-order valence-corrected chi connectivity index (χ1v) is 12.6. The molecule has 2 heterocycles. The van der Waals surface area contributed by atoms with Gasteiger partial charge < -0.3 is 9.73 Å². The third kappa shape index (κ3) is 4.70. The topological polar surface area (TPSA) is 79.6 Å². The Morgan fingerprint density at radius 2 is 1.97 bits per heavy atom. The third-order valence-electron chi connectivity index (χ3n) is 5.98. The number of piperidine rings is 1. The molecule has 1 aliphatic heterocycles. The van der Waals surface area contributed by atoms with Crippen molar-refractivity contribution in [3.8, 4) is 0 Å². The van der Waals surface area contributed by atoms with Gasteiger partial charge in [0.25, 0.3) is 5.91 Å². The lowest BCUT2D eigenvalue weighted by Gasteiger charge is -2.30. The molecule has 0 bridgehead atoms. The fraction of sp³-hybridized carbons (Fsp3) is 0.375. The van der Waals surface area contributed by atoms with E-state index in [9.17, 15) is 13.2 Å². The summed E-state index contributed by atoms with van der Waals surface area (Å²) in [4.78, 5) is 12.9. The van der Waals surface area contributed by atoms with Crippen molar-refractivity contribution in [1.82, 2.24) is 9.62 Å². The van der Waals surface area contributed by atoms with Gasteiger partial charge >= 0.3 is 0 Å². The summed E-state index contributed by atoms with van der Waals surface area (Å²) in [6, 6.07) is 12.3. The first-order valence-electron chi connectivity index (χ1n) is 10.8. The van der Waals surface area contributed by atoms with Gasteiger partial charge in [-0.05, 0) is 68.0 Å². The second kappa shape index (κ2) is 9.25. The van der Waals surface area contributed by atoms with E-state index in [1.165, 1.54) is 0 Å². The molecule has 32 heavy (non-hydrogen) atoms. The van der Waals surface area contributed by atoms with E-state index in [0.29, 0.717) is 53.5 Å². The van der Waals surface area contributed by atoms with Crippen LogP contribution >= 0.6 is 11.6 Å². The predicted octanol–water partition coefficient (Wildman–Crippen LogP) is 4.79. The highest BCUT2D eigenvalue weighted by Gasteiger charge is 2.29. The maximum absolute atomic E-state index is 13.1. The summed E-state index contributed by atoms with van der Waals surface area (Å²) in [6.07, 6.45) is 2.58. The van der Waals surface area contributed by atoms with Crippen LogP contribution in [0.2, 0.25) is 5.02 Å². The maximum Gasteiger partial charge on any atom is 0.287 e. The fourth-order valence-corrected chi connectivity index (χ4v) is 5.89. The molecule has 0 spiro atoms. The SMILES string of the molecule is Cc1c(C(=O)NCCc2ccc(Cl)cc2)oc2ccc(S(=O)(=O)N3CCC[C@H](C)C3)cc12. The number of fused-ring (bicyclic) bond motifs is 1. The molecular weight excluding hydrogens is 448 g/mol. The van der Waals surface area contributed by atoms with Crippen molar-refractivity contribution in [2.24, 2.45) is 5.92 Å². The molecule has 2 aromatic carbocycles. The van der Waals surface area contributed by atoms with Crippen LogP contribution in [0.3, 0.4) is 0 Å². The van der Waals surface area contributed by atoms with Gasteiger partial charge in [-0.1, -0.05) is 30.7 Å². The average molecular weight is 475 g/mol. The quantitative estimate of drug-likeness (QED) is 0.557. The summed E-state index contributed by atoms with van der Waals surface area (Å²) in [6.45, 7) is 5.37. The number of rotatable bonds is 6. The normalized spacial score (nSPS) is 17.5. The molecule has 1 atom stereocenters. The number of amides is 1. The van der Waals surface area contributed by atoms with Gasteiger partial charge in [0.15, 0.2) is 5.76 Å². The highest BCUT2D eigenvalue weighted by molar-refractivity contribution is 7.89. The van der Waals surface area contributed by atoms with E-state index in [-0.39, 0.29) is 16.6 Å². The molecule has 1 amide bonds. The monoisotopic (exact) mass is 474 g/mol. The number of hydrogen-bond acceptors (Lipinski definition) is 4. The van der Waals surface area contributed by atoms with Crippen molar-refractivity contribution < 1.29 is 17.6 Å². The molecule has 1 aromatic heterocycles. The number of nitrogens with zero attached hydrogens (tertiary/aromatic N) is 1. The van der Waals surface area contributed by atoms with Crippen molar-refractivity contribution in [2.75, 3.05) is 19.6 Å². The molecule has 170 valence electrons. The van der Waals surface area contributed by atoms with Gasteiger partial charge in [-0.2, -0.15) is 4.31 Å². The lowest BCUT2D eigenvalue weighted by atomic mass is 10.0. The van der Waals surface area contributed by atoms with E-state index in [0.717, 1.165) is 18.4 Å². The van der Waals surface area contributed by atoms with Gasteiger partial charge in [0.2, 0.25) is 10.0 Å². The molecule has 6 nitrogen and oxygen atoms in total. The first kappa shape index (κ1) is 22.8. The minimum atomic E-state index is -3.58. The second-order valence-corrected chi connectivity index (χ2v) is 10.8. The number of carbonyl (C=O) groups excluding carboxylic acids is 1. The minimum absolute atomic E-state index is 0.206. The van der Waals surface area contributed by atoms with Crippen molar-refractivity contribution in [2.45, 2.75) is 38.0 Å². The first-order chi connectivity index (χ1) is 15.3. The van der Waals surface area contributed by atoms with Crippen LogP contribution < -0.4 is 5.32 Å². The molecule has 0 saturated carbocycles. The van der Waals surface area contributed by atoms with Crippen LogP contribution in [-0.2, 0) is 16.4 Å². The minimum Gasteiger partial charge on any atom is -0.451 e. The zero-order chi connectivity index (χ0) is 22.9. The molecule has 1 aliphatic rings. The number of halogens is 1. The predicted molar refractivity (Wildman–Crippen MR) is 126 cm³/mol. The summed E-state index contributed by atoms with van der Waals surface area (Å²) in [5.74, 6) is 0.236. The lowest BCUT2D eigenvalue weighted by molar-refractivity contribution is 0.0927. The van der Waals surface area contributed by atoms with Gasteiger partial charge in [0, 0.05) is 35.6 Å². The largest absolute Gasteiger partial charge is 0.451 e. The smallest absolute Gasteiger partial charge is 0.287 e. The zero-order valence-corrected chi connectivity index (χ0v) is 19.8. The Morgan fingerprint density at radius 3 is 2.69 bits per heavy atom. The van der Waals surface area contributed by atoms with E-state index in [4.69, 9.17) is 16.0 Å². The summed E-state index contributed by atoms with van der Waals surface area (Å²) in [5, 5.41) is 4.18. The zero-order valence-electron chi connectivity index (χ0n) is 18.2. The second-order valence-electron chi connectivity index (χ2n) is 8.46. The Hall–Kier alpha value is -2.35. The Balaban J connectivity index is 1.51. The summed E-state index contributed by atoms with van der Waals surface area (Å²) in [5.41, 5.74) is 2.20. The molecule has 1 fully saturated rings. The molecular formula is C24H27ClN2O4S. The third-order valence-corrected chi connectivity index (χ3v) is 8.10. The molecule has 4 rings (SSSR count). The number of furan rings is 1. The van der Waals surface area contributed by atoms with Crippen molar-refractivity contribution in [3.05, 3.63) is 64.4 Å².